The molecule has 2 aromatic rings. The second kappa shape index (κ2) is 5.61. The van der Waals surface area contributed by atoms with Crippen LogP contribution >= 0.6 is 34.8 Å². The van der Waals surface area contributed by atoms with E-state index in [0.29, 0.717) is 22.7 Å². The molecule has 0 aromatic heterocycles. The maximum Gasteiger partial charge on any atom is 0.134 e. The molecule has 0 radical (unpaired) electrons. The predicted octanol–water partition coefficient (Wildman–Crippen LogP) is 5.74. The quantitative estimate of drug-likeness (QED) is 0.618. The molecule has 1 unspecified atom stereocenters. The van der Waals surface area contributed by atoms with Gasteiger partial charge in [0.2, 0.25) is 0 Å². The van der Waals surface area contributed by atoms with Gasteiger partial charge in [0.1, 0.15) is 17.5 Å². The molecule has 0 aliphatic heterocycles. The molecule has 0 saturated heterocycles. The van der Waals surface area contributed by atoms with E-state index in [0.717, 1.165) is 0 Å². The van der Waals surface area contributed by atoms with Crippen LogP contribution in [0.3, 0.4) is 0 Å². The topological polar surface area (TPSA) is 0 Å². The Hall–Kier alpha value is -0.900. The van der Waals surface area contributed by atoms with Crippen LogP contribution in [0.2, 0.25) is 10.0 Å². The molecule has 1 atom stereocenters. The van der Waals surface area contributed by atoms with Crippen LogP contribution < -0.4 is 0 Å². The van der Waals surface area contributed by atoms with E-state index < -0.39 is 28.4 Å². The maximum absolute atomic E-state index is 13.6. The summed E-state index contributed by atoms with van der Waals surface area (Å²) in [4.78, 5) is 0. The lowest BCUT2D eigenvalue weighted by Gasteiger charge is -2.13. The van der Waals surface area contributed by atoms with Crippen molar-refractivity contribution in [2.24, 2.45) is 0 Å². The molecule has 0 fully saturated rings. The minimum absolute atomic E-state index is 0.216. The fourth-order valence-corrected chi connectivity index (χ4v) is 2.28. The molecular formula is C13H6Cl3F3. The highest BCUT2D eigenvalue weighted by Crippen LogP contribution is 2.35. The Labute approximate surface area is 122 Å². The molecule has 0 aliphatic carbocycles. The largest absolute Gasteiger partial charge is 0.207 e. The number of benzene rings is 2. The summed E-state index contributed by atoms with van der Waals surface area (Å²) in [5, 5.41) is -0.613. The van der Waals surface area contributed by atoms with Crippen LogP contribution in [-0.2, 0) is 0 Å². The molecule has 0 amide bonds. The monoisotopic (exact) mass is 324 g/mol. The summed E-state index contributed by atoms with van der Waals surface area (Å²) in [7, 11) is 0. The first-order valence-corrected chi connectivity index (χ1v) is 6.33. The standard InChI is InChI=1S/C13H6Cl3F3/c14-8-2-1-6(3-9(8)15)13(16)12-10(18)4-7(17)5-11(12)19/h1-5,13H. The molecule has 6 heteroatoms. The van der Waals surface area contributed by atoms with Crippen LogP contribution in [0.15, 0.2) is 30.3 Å². The fourth-order valence-electron chi connectivity index (χ4n) is 1.63. The summed E-state index contributed by atoms with van der Waals surface area (Å²) in [5.41, 5.74) is -0.0677. The highest BCUT2D eigenvalue weighted by molar-refractivity contribution is 6.42. The summed E-state index contributed by atoms with van der Waals surface area (Å²) in [6.07, 6.45) is 0. The number of alkyl halides is 1. The van der Waals surface area contributed by atoms with Gasteiger partial charge >= 0.3 is 0 Å². The third-order valence-electron chi connectivity index (χ3n) is 2.53. The summed E-state index contributed by atoms with van der Waals surface area (Å²) < 4.78 is 40.0. The Morgan fingerprint density at radius 3 is 1.95 bits per heavy atom. The van der Waals surface area contributed by atoms with Gasteiger partial charge in [-0.15, -0.1) is 11.6 Å². The minimum Gasteiger partial charge on any atom is -0.207 e. The van der Waals surface area contributed by atoms with Gasteiger partial charge in [-0.2, -0.15) is 0 Å². The first-order chi connectivity index (χ1) is 8.90. The van der Waals surface area contributed by atoms with Crippen molar-refractivity contribution in [1.29, 1.82) is 0 Å². The van der Waals surface area contributed by atoms with Crippen LogP contribution in [0.1, 0.15) is 16.5 Å². The highest BCUT2D eigenvalue weighted by atomic mass is 35.5. The Bertz CT molecular complexity index is 606. The lowest BCUT2D eigenvalue weighted by molar-refractivity contribution is 0.526. The van der Waals surface area contributed by atoms with Gasteiger partial charge in [0.05, 0.1) is 15.4 Å². The van der Waals surface area contributed by atoms with Gasteiger partial charge in [0, 0.05) is 17.7 Å². The lowest BCUT2D eigenvalue weighted by Crippen LogP contribution is -2.02. The molecule has 0 heterocycles. The van der Waals surface area contributed by atoms with Crippen LogP contribution in [0.25, 0.3) is 0 Å². The molecule has 2 rings (SSSR count). The first kappa shape index (κ1) is 14.5. The zero-order chi connectivity index (χ0) is 14.2. The SMILES string of the molecule is Fc1cc(F)c(C(Cl)c2ccc(Cl)c(Cl)c2)c(F)c1. The summed E-state index contributed by atoms with van der Waals surface area (Å²) in [6.45, 7) is 0. The van der Waals surface area contributed by atoms with Gasteiger partial charge in [0.15, 0.2) is 0 Å². The molecule has 19 heavy (non-hydrogen) atoms. The minimum atomic E-state index is -1.13. The Kier molecular flexibility index (Phi) is 4.29. The van der Waals surface area contributed by atoms with Gasteiger partial charge in [-0.1, -0.05) is 29.3 Å². The van der Waals surface area contributed by atoms with Crippen molar-refractivity contribution in [3.8, 4) is 0 Å². The van der Waals surface area contributed by atoms with Crippen molar-refractivity contribution in [2.75, 3.05) is 0 Å². The fraction of sp³-hybridized carbons (Fsp3) is 0.0769. The third kappa shape index (κ3) is 2.99. The molecule has 100 valence electrons. The van der Waals surface area contributed by atoms with E-state index in [-0.39, 0.29) is 5.02 Å². The van der Waals surface area contributed by atoms with Crippen molar-refractivity contribution < 1.29 is 13.2 Å². The average molecular weight is 326 g/mol. The van der Waals surface area contributed by atoms with Crippen LogP contribution in [0, 0.1) is 17.5 Å². The molecule has 2 aromatic carbocycles. The Morgan fingerprint density at radius 2 is 1.42 bits per heavy atom. The number of halogens is 6. The van der Waals surface area contributed by atoms with Crippen LogP contribution in [0.4, 0.5) is 13.2 Å². The molecule has 0 bridgehead atoms. The average Bonchev–Trinajstić information content (AvgIpc) is 2.31. The molecule has 0 nitrogen and oxygen atoms in total. The third-order valence-corrected chi connectivity index (χ3v) is 3.74. The van der Waals surface area contributed by atoms with Crippen molar-refractivity contribution in [3.63, 3.8) is 0 Å². The smallest absolute Gasteiger partial charge is 0.134 e. The van der Waals surface area contributed by atoms with E-state index >= 15 is 0 Å². The summed E-state index contributed by atoms with van der Waals surface area (Å²) >= 11 is 17.6. The van der Waals surface area contributed by atoms with Gasteiger partial charge in [-0.25, -0.2) is 13.2 Å². The van der Waals surface area contributed by atoms with Crippen LogP contribution in [-0.4, -0.2) is 0 Å². The summed E-state index contributed by atoms with van der Waals surface area (Å²) in [5.74, 6) is -3.11. The van der Waals surface area contributed by atoms with E-state index in [1.54, 1.807) is 0 Å². The Balaban J connectivity index is 2.49. The zero-order valence-electron chi connectivity index (χ0n) is 9.23. The second-order valence-corrected chi connectivity index (χ2v) is 5.07. The number of hydrogen-bond acceptors (Lipinski definition) is 0. The lowest BCUT2D eigenvalue weighted by atomic mass is 10.0. The van der Waals surface area contributed by atoms with Crippen molar-refractivity contribution in [1.82, 2.24) is 0 Å². The van der Waals surface area contributed by atoms with Gasteiger partial charge in [-0.05, 0) is 17.7 Å². The van der Waals surface area contributed by atoms with Crippen molar-refractivity contribution >= 4 is 34.8 Å². The Morgan fingerprint density at radius 1 is 0.842 bits per heavy atom. The van der Waals surface area contributed by atoms with E-state index in [9.17, 15) is 13.2 Å². The predicted molar refractivity (Wildman–Crippen MR) is 70.5 cm³/mol. The summed E-state index contributed by atoms with van der Waals surface area (Å²) in [6, 6.07) is 5.52. The van der Waals surface area contributed by atoms with E-state index in [2.05, 4.69) is 0 Å². The normalized spacial score (nSPS) is 12.5. The van der Waals surface area contributed by atoms with Crippen LogP contribution in [0.5, 0.6) is 0 Å². The van der Waals surface area contributed by atoms with E-state index in [1.165, 1.54) is 18.2 Å². The number of hydrogen-bond donors (Lipinski definition) is 0. The van der Waals surface area contributed by atoms with E-state index in [1.807, 2.05) is 0 Å². The second-order valence-electron chi connectivity index (χ2n) is 3.82. The van der Waals surface area contributed by atoms with Gasteiger partial charge < -0.3 is 0 Å². The van der Waals surface area contributed by atoms with Crippen molar-refractivity contribution in [2.45, 2.75) is 5.38 Å². The van der Waals surface area contributed by atoms with Gasteiger partial charge in [-0.3, -0.25) is 0 Å². The maximum atomic E-state index is 13.6. The molecule has 0 N–H and O–H groups in total. The number of rotatable bonds is 2. The van der Waals surface area contributed by atoms with Gasteiger partial charge in [0.25, 0.3) is 0 Å². The molecular weight excluding hydrogens is 319 g/mol. The molecule has 0 spiro atoms. The van der Waals surface area contributed by atoms with E-state index in [4.69, 9.17) is 34.8 Å². The highest BCUT2D eigenvalue weighted by Gasteiger charge is 2.21. The van der Waals surface area contributed by atoms with Crippen molar-refractivity contribution in [3.05, 3.63) is 69.0 Å². The molecule has 0 saturated carbocycles. The zero-order valence-corrected chi connectivity index (χ0v) is 11.5. The molecule has 0 aliphatic rings. The first-order valence-electron chi connectivity index (χ1n) is 5.13.